The number of halogens is 4. The largest absolute Gasteiger partial charge is 0.495 e. The molecule has 1 amide bonds. The Labute approximate surface area is 160 Å². The summed E-state index contributed by atoms with van der Waals surface area (Å²) in [6.45, 7) is 0. The number of hydrogen-bond donors (Lipinski definition) is 1. The molecule has 0 radical (unpaired) electrons. The molecule has 0 saturated heterocycles. The van der Waals surface area contributed by atoms with Crippen LogP contribution in [0.1, 0.15) is 5.56 Å². The zero-order chi connectivity index (χ0) is 20.2. The number of rotatable bonds is 6. The van der Waals surface area contributed by atoms with Crippen molar-refractivity contribution in [3.8, 4) is 5.75 Å². The number of hydrogen-bond acceptors (Lipinski definition) is 5. The smallest absolute Gasteiger partial charge is 0.416 e. The topological polar surface area (TPSA) is 81.5 Å². The van der Waals surface area contributed by atoms with Gasteiger partial charge in [0.25, 0.3) is 5.69 Å². The molecule has 0 heterocycles. The molecule has 0 aliphatic carbocycles. The number of benzene rings is 2. The van der Waals surface area contributed by atoms with Crippen molar-refractivity contribution in [3.63, 3.8) is 0 Å². The number of carbonyl (C=O) groups is 1. The van der Waals surface area contributed by atoms with E-state index >= 15 is 0 Å². The van der Waals surface area contributed by atoms with E-state index in [1.165, 1.54) is 13.2 Å². The lowest BCUT2D eigenvalue weighted by atomic mass is 10.2. The number of thioether (sulfide) groups is 1. The summed E-state index contributed by atoms with van der Waals surface area (Å²) in [5.74, 6) is -0.435. The fraction of sp³-hybridized carbons (Fsp3) is 0.188. The molecule has 2 aromatic carbocycles. The van der Waals surface area contributed by atoms with Gasteiger partial charge in [-0.3, -0.25) is 14.9 Å². The molecule has 2 rings (SSSR count). The third-order valence-corrected chi connectivity index (χ3v) is 4.58. The van der Waals surface area contributed by atoms with Gasteiger partial charge in [0, 0.05) is 11.1 Å². The molecule has 1 N–H and O–H groups in total. The van der Waals surface area contributed by atoms with Gasteiger partial charge in [-0.2, -0.15) is 13.2 Å². The minimum atomic E-state index is -4.70. The van der Waals surface area contributed by atoms with Crippen LogP contribution in [0.4, 0.5) is 24.5 Å². The third-order valence-electron chi connectivity index (χ3n) is 3.28. The Morgan fingerprint density at radius 3 is 2.59 bits per heavy atom. The monoisotopic (exact) mass is 420 g/mol. The maximum atomic E-state index is 12.7. The molecule has 0 spiro atoms. The molecule has 0 aromatic heterocycles. The highest BCUT2D eigenvalue weighted by Gasteiger charge is 2.33. The quantitative estimate of drug-likeness (QED) is 0.403. The van der Waals surface area contributed by atoms with Crippen LogP contribution in [-0.4, -0.2) is 23.7 Å². The first-order chi connectivity index (χ1) is 12.6. The molecule has 0 aliphatic rings. The van der Waals surface area contributed by atoms with Crippen molar-refractivity contribution in [1.29, 1.82) is 0 Å². The predicted molar refractivity (Wildman–Crippen MR) is 95.5 cm³/mol. The molecule has 11 heteroatoms. The van der Waals surface area contributed by atoms with E-state index in [2.05, 4.69) is 5.32 Å². The number of alkyl halides is 3. The normalized spacial score (nSPS) is 11.1. The highest BCUT2D eigenvalue weighted by molar-refractivity contribution is 8.00. The maximum Gasteiger partial charge on any atom is 0.416 e. The van der Waals surface area contributed by atoms with Gasteiger partial charge in [-0.1, -0.05) is 11.6 Å². The fourth-order valence-corrected chi connectivity index (χ4v) is 3.04. The Morgan fingerprint density at radius 2 is 2.00 bits per heavy atom. The fourth-order valence-electron chi connectivity index (χ4n) is 2.07. The Hall–Kier alpha value is -2.46. The zero-order valence-corrected chi connectivity index (χ0v) is 15.2. The van der Waals surface area contributed by atoms with Crippen molar-refractivity contribution < 1.29 is 27.6 Å². The minimum absolute atomic E-state index is 0.0544. The van der Waals surface area contributed by atoms with Gasteiger partial charge >= 0.3 is 6.18 Å². The summed E-state index contributed by atoms with van der Waals surface area (Å²) in [5, 5.41) is 13.9. The van der Waals surface area contributed by atoms with Crippen LogP contribution in [0.5, 0.6) is 5.75 Å². The van der Waals surface area contributed by atoms with E-state index < -0.39 is 28.3 Å². The molecule has 0 unspecified atom stereocenters. The molecular weight excluding hydrogens is 409 g/mol. The van der Waals surface area contributed by atoms with E-state index in [0.717, 1.165) is 23.9 Å². The molecule has 0 bridgehead atoms. The number of amides is 1. The molecule has 27 heavy (non-hydrogen) atoms. The van der Waals surface area contributed by atoms with Gasteiger partial charge in [0.2, 0.25) is 5.91 Å². The molecule has 0 aliphatic heterocycles. The van der Waals surface area contributed by atoms with Gasteiger partial charge in [-0.15, -0.1) is 11.8 Å². The molecule has 144 valence electrons. The molecule has 0 atom stereocenters. The number of nitro groups is 1. The summed E-state index contributed by atoms with van der Waals surface area (Å²) in [7, 11) is 1.40. The lowest BCUT2D eigenvalue weighted by Crippen LogP contribution is -2.15. The number of nitrogens with one attached hydrogen (secondary N) is 1. The van der Waals surface area contributed by atoms with Crippen LogP contribution in [0, 0.1) is 10.1 Å². The number of anilines is 1. The van der Waals surface area contributed by atoms with Gasteiger partial charge in [0.05, 0.1) is 33.9 Å². The second-order valence-electron chi connectivity index (χ2n) is 5.12. The van der Waals surface area contributed by atoms with Gasteiger partial charge in [0.1, 0.15) is 5.75 Å². The summed E-state index contributed by atoms with van der Waals surface area (Å²) >= 11 is 6.60. The Morgan fingerprint density at radius 1 is 1.30 bits per heavy atom. The van der Waals surface area contributed by atoms with Crippen molar-refractivity contribution in [3.05, 3.63) is 57.1 Å². The Bertz CT molecular complexity index is 877. The van der Waals surface area contributed by atoms with E-state index in [-0.39, 0.29) is 10.6 Å². The second kappa shape index (κ2) is 8.49. The highest BCUT2D eigenvalue weighted by Crippen LogP contribution is 2.36. The first-order valence-corrected chi connectivity index (χ1v) is 8.60. The predicted octanol–water partition coefficient (Wildman–Crippen LogP) is 5.01. The minimum Gasteiger partial charge on any atom is -0.495 e. The number of methoxy groups -OCH3 is 1. The average molecular weight is 421 g/mol. The van der Waals surface area contributed by atoms with Crippen LogP contribution >= 0.6 is 23.4 Å². The number of nitro benzene ring substituents is 1. The maximum absolute atomic E-state index is 12.7. The van der Waals surface area contributed by atoms with Crippen LogP contribution in [-0.2, 0) is 11.0 Å². The molecule has 0 saturated carbocycles. The lowest BCUT2D eigenvalue weighted by Gasteiger charge is -2.11. The summed E-state index contributed by atoms with van der Waals surface area (Å²) in [6.07, 6.45) is -4.70. The highest BCUT2D eigenvalue weighted by atomic mass is 35.5. The molecule has 0 fully saturated rings. The number of carbonyl (C=O) groups excluding carboxylic acids is 1. The Kier molecular flexibility index (Phi) is 6.55. The van der Waals surface area contributed by atoms with Crippen LogP contribution in [0.2, 0.25) is 5.02 Å². The van der Waals surface area contributed by atoms with Gasteiger partial charge in [-0.25, -0.2) is 0 Å². The van der Waals surface area contributed by atoms with Gasteiger partial charge in [0.15, 0.2) is 0 Å². The molecule has 2 aromatic rings. The van der Waals surface area contributed by atoms with Gasteiger partial charge < -0.3 is 10.1 Å². The van der Waals surface area contributed by atoms with Gasteiger partial charge in [-0.05, 0) is 30.3 Å². The van der Waals surface area contributed by atoms with Crippen LogP contribution in [0.15, 0.2) is 41.3 Å². The Balaban J connectivity index is 2.13. The number of nitrogens with zero attached hydrogens (tertiary/aromatic N) is 1. The summed E-state index contributed by atoms with van der Waals surface area (Å²) in [4.78, 5) is 22.2. The lowest BCUT2D eigenvalue weighted by molar-refractivity contribution is -0.388. The van der Waals surface area contributed by atoms with E-state index in [1.807, 2.05) is 0 Å². The van der Waals surface area contributed by atoms with Crippen LogP contribution in [0.25, 0.3) is 0 Å². The van der Waals surface area contributed by atoms with Crippen molar-refractivity contribution in [1.82, 2.24) is 0 Å². The zero-order valence-electron chi connectivity index (χ0n) is 13.7. The van der Waals surface area contributed by atoms with Crippen molar-refractivity contribution >= 4 is 40.6 Å². The van der Waals surface area contributed by atoms with E-state index in [1.54, 1.807) is 12.1 Å². The first-order valence-electron chi connectivity index (χ1n) is 7.23. The van der Waals surface area contributed by atoms with Crippen LogP contribution in [0.3, 0.4) is 0 Å². The summed E-state index contributed by atoms with van der Waals surface area (Å²) < 4.78 is 43.2. The van der Waals surface area contributed by atoms with E-state index in [4.69, 9.17) is 16.3 Å². The summed E-state index contributed by atoms with van der Waals surface area (Å²) in [5.41, 5.74) is -1.55. The van der Waals surface area contributed by atoms with Crippen molar-refractivity contribution in [2.24, 2.45) is 0 Å². The SMILES string of the molecule is COc1ccc(Cl)cc1NC(=O)CSc1ccc(C(F)(F)F)cc1[N+](=O)[O-]. The number of ether oxygens (including phenoxy) is 1. The standard InChI is InChI=1S/C16H12ClF3N2O4S/c1-26-13-4-3-10(17)7-11(13)21-15(23)8-27-14-5-2-9(16(18,19)20)6-12(14)22(24)25/h2-7H,8H2,1H3,(H,21,23). The van der Waals surface area contributed by atoms with Crippen molar-refractivity contribution in [2.45, 2.75) is 11.1 Å². The molecule has 6 nitrogen and oxygen atoms in total. The second-order valence-corrected chi connectivity index (χ2v) is 6.57. The third kappa shape index (κ3) is 5.51. The van der Waals surface area contributed by atoms with E-state index in [9.17, 15) is 28.1 Å². The summed E-state index contributed by atoms with van der Waals surface area (Å²) in [6, 6.07) is 6.72. The van der Waals surface area contributed by atoms with Crippen LogP contribution < -0.4 is 10.1 Å². The first kappa shape index (κ1) is 20.8. The van der Waals surface area contributed by atoms with E-state index in [0.29, 0.717) is 22.5 Å². The molecular formula is C16H12ClF3N2O4S. The van der Waals surface area contributed by atoms with Crippen molar-refractivity contribution in [2.75, 3.05) is 18.2 Å². The average Bonchev–Trinajstić information content (AvgIpc) is 2.59.